The van der Waals surface area contributed by atoms with Gasteiger partial charge in [0.1, 0.15) is 21.5 Å². The number of hydrogen-bond donors (Lipinski definition) is 1. The fourth-order valence-electron chi connectivity index (χ4n) is 3.07. The molecule has 0 unspecified atom stereocenters. The van der Waals surface area contributed by atoms with Crippen LogP contribution in [0.25, 0.3) is 10.2 Å². The van der Waals surface area contributed by atoms with Crippen LogP contribution in [0, 0.1) is 12.7 Å². The van der Waals surface area contributed by atoms with E-state index in [-0.39, 0.29) is 16.7 Å². The maximum absolute atomic E-state index is 13.2. The predicted molar refractivity (Wildman–Crippen MR) is 105 cm³/mol. The number of amides is 1. The van der Waals surface area contributed by atoms with Crippen molar-refractivity contribution in [2.75, 3.05) is 11.1 Å². The molecule has 1 aliphatic rings. The lowest BCUT2D eigenvalue weighted by Gasteiger charge is -2.07. The minimum absolute atomic E-state index is 0.0163. The molecule has 134 valence electrons. The smallest absolute Gasteiger partial charge is 0.234 e. The highest BCUT2D eigenvalue weighted by molar-refractivity contribution is 8.00. The normalized spacial score (nSPS) is 13.2. The number of aryl methyl sites for hydroxylation is 3. The zero-order valence-electron chi connectivity index (χ0n) is 13.9. The molecule has 0 radical (unpaired) electrons. The van der Waals surface area contributed by atoms with Gasteiger partial charge in [0.15, 0.2) is 0 Å². The van der Waals surface area contributed by atoms with Gasteiger partial charge < -0.3 is 5.32 Å². The van der Waals surface area contributed by atoms with E-state index in [4.69, 9.17) is 11.6 Å². The zero-order valence-corrected chi connectivity index (χ0v) is 16.3. The first kappa shape index (κ1) is 17.7. The number of nitrogens with one attached hydrogen (secondary N) is 1. The number of anilines is 1. The summed E-state index contributed by atoms with van der Waals surface area (Å²) in [6, 6.07) is 4.12. The standard InChI is InChI=1S/C18H15ClFN3OS2/c1-9-21-17(16-11-3-2-4-14(11)26-18(16)22-9)25-8-15(24)23-10-5-6-13(20)12(19)7-10/h5-7H,2-4,8H2,1H3,(H,23,24). The Morgan fingerprint density at radius 1 is 1.38 bits per heavy atom. The molecular weight excluding hydrogens is 393 g/mol. The Balaban J connectivity index is 1.52. The van der Waals surface area contributed by atoms with Crippen molar-refractivity contribution in [1.82, 2.24) is 9.97 Å². The van der Waals surface area contributed by atoms with Crippen molar-refractivity contribution in [2.45, 2.75) is 31.2 Å². The van der Waals surface area contributed by atoms with Crippen molar-refractivity contribution < 1.29 is 9.18 Å². The van der Waals surface area contributed by atoms with Gasteiger partial charge in [-0.1, -0.05) is 23.4 Å². The molecule has 0 saturated carbocycles. The molecule has 26 heavy (non-hydrogen) atoms. The fraction of sp³-hybridized carbons (Fsp3) is 0.278. The molecule has 0 spiro atoms. The number of thioether (sulfide) groups is 1. The number of aromatic nitrogens is 2. The predicted octanol–water partition coefficient (Wildman–Crippen LogP) is 5.01. The van der Waals surface area contributed by atoms with Crippen LogP contribution in [0.15, 0.2) is 23.2 Å². The van der Waals surface area contributed by atoms with Crippen LogP contribution in [0.1, 0.15) is 22.7 Å². The van der Waals surface area contributed by atoms with E-state index in [0.29, 0.717) is 11.5 Å². The summed E-state index contributed by atoms with van der Waals surface area (Å²) in [5, 5.41) is 4.69. The third kappa shape index (κ3) is 3.43. The molecule has 1 N–H and O–H groups in total. The highest BCUT2D eigenvalue weighted by Gasteiger charge is 2.22. The van der Waals surface area contributed by atoms with Gasteiger partial charge in [-0.15, -0.1) is 11.3 Å². The maximum atomic E-state index is 13.2. The van der Waals surface area contributed by atoms with Gasteiger partial charge in [-0.2, -0.15) is 0 Å². The number of thiophene rings is 1. The van der Waals surface area contributed by atoms with Crippen LogP contribution in [-0.4, -0.2) is 21.6 Å². The summed E-state index contributed by atoms with van der Waals surface area (Å²) in [6.07, 6.45) is 3.32. The molecule has 2 aromatic heterocycles. The number of carbonyl (C=O) groups is 1. The van der Waals surface area contributed by atoms with E-state index in [1.165, 1.54) is 46.8 Å². The summed E-state index contributed by atoms with van der Waals surface area (Å²) >= 11 is 8.89. The van der Waals surface area contributed by atoms with Crippen molar-refractivity contribution in [3.05, 3.63) is 45.3 Å². The molecule has 0 fully saturated rings. The average Bonchev–Trinajstić information content (AvgIpc) is 3.16. The van der Waals surface area contributed by atoms with Crippen molar-refractivity contribution in [3.8, 4) is 0 Å². The fourth-order valence-corrected chi connectivity index (χ4v) is 5.53. The topological polar surface area (TPSA) is 54.9 Å². The van der Waals surface area contributed by atoms with E-state index >= 15 is 0 Å². The number of nitrogens with zero attached hydrogens (tertiary/aromatic N) is 2. The molecule has 0 saturated heterocycles. The third-order valence-corrected chi connectivity index (χ3v) is 6.64. The first-order valence-electron chi connectivity index (χ1n) is 8.18. The molecule has 4 nitrogen and oxygen atoms in total. The number of fused-ring (bicyclic) bond motifs is 3. The van der Waals surface area contributed by atoms with Crippen LogP contribution in [0.2, 0.25) is 5.02 Å². The SMILES string of the molecule is Cc1nc(SCC(=O)Nc2ccc(F)c(Cl)c2)c2c3c(sc2n1)CCC3. The van der Waals surface area contributed by atoms with Crippen molar-refractivity contribution in [1.29, 1.82) is 0 Å². The second-order valence-corrected chi connectivity index (χ2v) is 8.53. The molecule has 2 heterocycles. The number of benzene rings is 1. The molecule has 8 heteroatoms. The number of rotatable bonds is 4. The molecule has 0 aliphatic heterocycles. The van der Waals surface area contributed by atoms with Crippen LogP contribution in [0.5, 0.6) is 0 Å². The van der Waals surface area contributed by atoms with E-state index in [0.717, 1.165) is 28.1 Å². The van der Waals surface area contributed by atoms with Gasteiger partial charge in [0.25, 0.3) is 0 Å². The summed E-state index contributed by atoms with van der Waals surface area (Å²) in [6.45, 7) is 1.87. The molecular formula is C18H15ClFN3OS2. The molecule has 3 aromatic rings. The van der Waals surface area contributed by atoms with Crippen LogP contribution in [-0.2, 0) is 17.6 Å². The summed E-state index contributed by atoms with van der Waals surface area (Å²) < 4.78 is 13.2. The van der Waals surface area contributed by atoms with Crippen LogP contribution in [0.4, 0.5) is 10.1 Å². The zero-order chi connectivity index (χ0) is 18.3. The second kappa shape index (κ2) is 7.13. The van der Waals surface area contributed by atoms with E-state index in [9.17, 15) is 9.18 Å². The summed E-state index contributed by atoms with van der Waals surface area (Å²) in [5.74, 6) is 0.231. The monoisotopic (exact) mass is 407 g/mol. The van der Waals surface area contributed by atoms with E-state index in [1.807, 2.05) is 6.92 Å². The number of halogens is 2. The Morgan fingerprint density at radius 2 is 2.23 bits per heavy atom. The lowest BCUT2D eigenvalue weighted by molar-refractivity contribution is -0.113. The molecule has 1 aliphatic carbocycles. The maximum Gasteiger partial charge on any atom is 0.234 e. The number of hydrogen-bond acceptors (Lipinski definition) is 5. The molecule has 0 bridgehead atoms. The van der Waals surface area contributed by atoms with E-state index < -0.39 is 5.82 Å². The summed E-state index contributed by atoms with van der Waals surface area (Å²) in [4.78, 5) is 23.8. The highest BCUT2D eigenvalue weighted by atomic mass is 35.5. The Bertz CT molecular complexity index is 1020. The molecule has 1 amide bonds. The van der Waals surface area contributed by atoms with E-state index in [1.54, 1.807) is 11.3 Å². The third-order valence-electron chi connectivity index (χ3n) is 4.19. The molecule has 4 rings (SSSR count). The van der Waals surface area contributed by atoms with Gasteiger partial charge in [-0.25, -0.2) is 14.4 Å². The Hall–Kier alpha value is -1.70. The Kier molecular flexibility index (Phi) is 4.86. The Labute approximate surface area is 163 Å². The minimum atomic E-state index is -0.510. The lowest BCUT2D eigenvalue weighted by atomic mass is 10.2. The first-order valence-corrected chi connectivity index (χ1v) is 10.4. The summed E-state index contributed by atoms with van der Waals surface area (Å²) in [5.41, 5.74) is 1.82. The summed E-state index contributed by atoms with van der Waals surface area (Å²) in [7, 11) is 0. The van der Waals surface area contributed by atoms with Crippen LogP contribution in [0.3, 0.4) is 0 Å². The van der Waals surface area contributed by atoms with Gasteiger partial charge >= 0.3 is 0 Å². The number of carbonyl (C=O) groups excluding carboxylic acids is 1. The van der Waals surface area contributed by atoms with Crippen molar-refractivity contribution in [3.63, 3.8) is 0 Å². The molecule has 1 aromatic carbocycles. The van der Waals surface area contributed by atoms with E-state index in [2.05, 4.69) is 15.3 Å². The lowest BCUT2D eigenvalue weighted by Crippen LogP contribution is -2.14. The van der Waals surface area contributed by atoms with Gasteiger partial charge in [0.2, 0.25) is 5.91 Å². The van der Waals surface area contributed by atoms with Crippen LogP contribution >= 0.6 is 34.7 Å². The van der Waals surface area contributed by atoms with Gasteiger partial charge in [0.05, 0.1) is 10.8 Å². The quantitative estimate of drug-likeness (QED) is 0.487. The van der Waals surface area contributed by atoms with Crippen molar-refractivity contribution in [2.24, 2.45) is 0 Å². The highest BCUT2D eigenvalue weighted by Crippen LogP contribution is 2.40. The van der Waals surface area contributed by atoms with Gasteiger partial charge in [-0.3, -0.25) is 4.79 Å². The van der Waals surface area contributed by atoms with Crippen molar-refractivity contribution >= 4 is 56.5 Å². The van der Waals surface area contributed by atoms with Crippen LogP contribution < -0.4 is 5.32 Å². The average molecular weight is 408 g/mol. The minimum Gasteiger partial charge on any atom is -0.325 e. The molecule has 0 atom stereocenters. The van der Waals surface area contributed by atoms with Gasteiger partial charge in [0, 0.05) is 16.0 Å². The second-order valence-electron chi connectivity index (χ2n) is 6.08. The largest absolute Gasteiger partial charge is 0.325 e. The van der Waals surface area contributed by atoms with Gasteiger partial charge in [-0.05, 0) is 49.9 Å². The Morgan fingerprint density at radius 3 is 3.04 bits per heavy atom. The first-order chi connectivity index (χ1) is 12.5.